The van der Waals surface area contributed by atoms with Crippen LogP contribution in [0.4, 0.5) is 0 Å². The van der Waals surface area contributed by atoms with E-state index in [0.717, 1.165) is 4.57 Å². The van der Waals surface area contributed by atoms with Crippen molar-refractivity contribution < 1.29 is 20.1 Å². The largest absolute Gasteiger partial charge is 0.394 e. The molecule has 0 radical (unpaired) electrons. The number of ether oxygens (including phenoxy) is 1. The molecule has 4 atom stereocenters. The summed E-state index contributed by atoms with van der Waals surface area (Å²) in [7, 11) is 0. The van der Waals surface area contributed by atoms with Crippen molar-refractivity contribution in [2.75, 3.05) is 6.61 Å². The van der Waals surface area contributed by atoms with Gasteiger partial charge in [0.25, 0.3) is 5.56 Å². The quantitative estimate of drug-likeness (QED) is 0.482. The van der Waals surface area contributed by atoms with Gasteiger partial charge in [-0.25, -0.2) is 9.97 Å². The van der Waals surface area contributed by atoms with Crippen molar-refractivity contribution >= 4 is 11.2 Å². The predicted octanol–water partition coefficient (Wildman–Crippen LogP) is -2.27. The Hall–Kier alpha value is -1.81. The van der Waals surface area contributed by atoms with Crippen LogP contribution in [0.1, 0.15) is 6.23 Å². The first-order valence-corrected chi connectivity index (χ1v) is 5.66. The number of aromatic nitrogens is 4. The van der Waals surface area contributed by atoms with Crippen molar-refractivity contribution in [3.05, 3.63) is 23.0 Å². The minimum absolute atomic E-state index is 0.181. The summed E-state index contributed by atoms with van der Waals surface area (Å²) >= 11 is 0. The van der Waals surface area contributed by atoms with Gasteiger partial charge in [-0.2, -0.15) is 0 Å². The molecule has 0 unspecified atom stereocenters. The zero-order chi connectivity index (χ0) is 13.6. The Morgan fingerprint density at radius 3 is 2.84 bits per heavy atom. The fourth-order valence-corrected chi connectivity index (χ4v) is 2.13. The lowest BCUT2D eigenvalue weighted by Gasteiger charge is -2.16. The van der Waals surface area contributed by atoms with E-state index in [9.17, 15) is 15.0 Å². The topological polar surface area (TPSA) is 133 Å². The van der Waals surface area contributed by atoms with Crippen molar-refractivity contribution in [3.63, 3.8) is 0 Å². The van der Waals surface area contributed by atoms with Crippen LogP contribution in [-0.4, -0.2) is 59.8 Å². The van der Waals surface area contributed by atoms with Gasteiger partial charge >= 0.3 is 0 Å². The molecule has 0 aromatic carbocycles. The molecule has 0 bridgehead atoms. The zero-order valence-corrected chi connectivity index (χ0v) is 9.67. The van der Waals surface area contributed by atoms with E-state index in [2.05, 4.69) is 15.0 Å². The summed E-state index contributed by atoms with van der Waals surface area (Å²) in [6.45, 7) is -0.455. The van der Waals surface area contributed by atoms with Crippen molar-refractivity contribution in [3.8, 4) is 0 Å². The minimum Gasteiger partial charge on any atom is -0.394 e. The first-order chi connectivity index (χ1) is 9.13. The van der Waals surface area contributed by atoms with Gasteiger partial charge in [-0.1, -0.05) is 0 Å². The molecule has 2 aromatic rings. The van der Waals surface area contributed by atoms with Gasteiger partial charge in [0.1, 0.15) is 24.6 Å². The lowest BCUT2D eigenvalue weighted by molar-refractivity contribution is -0.0546. The predicted molar refractivity (Wildman–Crippen MR) is 61.2 cm³/mol. The van der Waals surface area contributed by atoms with E-state index < -0.39 is 36.7 Å². The van der Waals surface area contributed by atoms with E-state index in [1.807, 2.05) is 0 Å². The fourth-order valence-electron chi connectivity index (χ4n) is 2.13. The summed E-state index contributed by atoms with van der Waals surface area (Å²) < 4.78 is 6.33. The second-order valence-corrected chi connectivity index (χ2v) is 4.29. The average Bonchev–Trinajstić information content (AvgIpc) is 2.98. The summed E-state index contributed by atoms with van der Waals surface area (Å²) in [5.41, 5.74) is -0.0365. The van der Waals surface area contributed by atoms with E-state index in [4.69, 9.17) is 9.84 Å². The van der Waals surface area contributed by atoms with Crippen LogP contribution in [0.15, 0.2) is 17.4 Å². The summed E-state index contributed by atoms with van der Waals surface area (Å²) in [6, 6.07) is 0. The molecule has 9 heteroatoms. The summed E-state index contributed by atoms with van der Waals surface area (Å²) in [6.07, 6.45) is -2.10. The molecule has 1 aliphatic rings. The maximum Gasteiger partial charge on any atom is 0.281 e. The van der Waals surface area contributed by atoms with Crippen molar-refractivity contribution in [2.45, 2.75) is 24.5 Å². The molecule has 0 aliphatic carbocycles. The third-order valence-corrected chi connectivity index (χ3v) is 3.16. The molecule has 1 saturated heterocycles. The van der Waals surface area contributed by atoms with Crippen LogP contribution in [0.3, 0.4) is 0 Å². The van der Waals surface area contributed by atoms with Crippen LogP contribution in [0, 0.1) is 0 Å². The van der Waals surface area contributed by atoms with Gasteiger partial charge in [-0.15, -0.1) is 0 Å². The second kappa shape index (κ2) is 4.38. The number of hydrogen-bond acceptors (Lipinski definition) is 7. The number of aromatic amines is 1. The fraction of sp³-hybridized carbons (Fsp3) is 0.500. The van der Waals surface area contributed by atoms with Crippen LogP contribution in [0.25, 0.3) is 11.2 Å². The second-order valence-electron chi connectivity index (χ2n) is 4.29. The highest BCUT2D eigenvalue weighted by molar-refractivity contribution is 5.67. The number of H-pyrrole nitrogens is 1. The zero-order valence-electron chi connectivity index (χ0n) is 9.67. The molecule has 1 fully saturated rings. The van der Waals surface area contributed by atoms with Gasteiger partial charge in [0.05, 0.1) is 12.9 Å². The number of nitrogens with zero attached hydrogens (tertiary/aromatic N) is 3. The van der Waals surface area contributed by atoms with E-state index in [0.29, 0.717) is 0 Å². The highest BCUT2D eigenvalue weighted by Gasteiger charge is 2.43. The minimum atomic E-state index is -1.32. The molecular weight excluding hydrogens is 256 g/mol. The first kappa shape index (κ1) is 12.2. The maximum atomic E-state index is 12.1. The molecule has 9 nitrogen and oxygen atoms in total. The Morgan fingerprint density at radius 2 is 2.16 bits per heavy atom. The number of aliphatic hydroxyl groups excluding tert-OH is 3. The number of imidazole rings is 1. The summed E-state index contributed by atoms with van der Waals surface area (Å²) in [5, 5.41) is 28.5. The molecule has 2 aromatic heterocycles. The molecule has 3 heterocycles. The normalized spacial score (nSPS) is 31.1. The lowest BCUT2D eigenvalue weighted by atomic mass is 10.1. The van der Waals surface area contributed by atoms with Crippen LogP contribution in [0.5, 0.6) is 0 Å². The highest BCUT2D eigenvalue weighted by Crippen LogP contribution is 2.28. The van der Waals surface area contributed by atoms with E-state index in [1.165, 1.54) is 12.7 Å². The molecule has 102 valence electrons. The number of nitrogens with one attached hydrogen (secondary N) is 1. The number of fused-ring (bicyclic) bond motifs is 1. The first-order valence-electron chi connectivity index (χ1n) is 5.66. The molecule has 3 rings (SSSR count). The van der Waals surface area contributed by atoms with Crippen LogP contribution < -0.4 is 5.56 Å². The SMILES string of the molecule is O=c1c2[nH]cnc2ncn1[C@H]1O[C@H](CO)[C@@H](O)[C@H]1O. The van der Waals surface area contributed by atoms with Gasteiger partial charge in [0, 0.05) is 0 Å². The van der Waals surface area contributed by atoms with Gasteiger partial charge < -0.3 is 25.0 Å². The number of hydrogen-bond donors (Lipinski definition) is 4. The van der Waals surface area contributed by atoms with Gasteiger partial charge in [0.2, 0.25) is 0 Å². The van der Waals surface area contributed by atoms with Crippen LogP contribution in [0.2, 0.25) is 0 Å². The molecule has 19 heavy (non-hydrogen) atoms. The van der Waals surface area contributed by atoms with Gasteiger partial charge in [-0.05, 0) is 0 Å². The lowest BCUT2D eigenvalue weighted by Crippen LogP contribution is -2.35. The Morgan fingerprint density at radius 1 is 1.37 bits per heavy atom. The smallest absolute Gasteiger partial charge is 0.281 e. The Bertz CT molecular complexity index is 653. The van der Waals surface area contributed by atoms with Gasteiger partial charge in [0.15, 0.2) is 17.4 Å². The Balaban J connectivity index is 2.05. The molecule has 4 N–H and O–H groups in total. The van der Waals surface area contributed by atoms with E-state index in [-0.39, 0.29) is 11.2 Å². The van der Waals surface area contributed by atoms with Gasteiger partial charge in [-0.3, -0.25) is 9.36 Å². The van der Waals surface area contributed by atoms with E-state index >= 15 is 0 Å². The summed E-state index contributed by atoms with van der Waals surface area (Å²) in [4.78, 5) is 22.6. The number of aliphatic hydroxyl groups is 3. The molecule has 1 aliphatic heterocycles. The number of rotatable bonds is 2. The Kier molecular flexibility index (Phi) is 2.82. The summed E-state index contributed by atoms with van der Waals surface area (Å²) in [5.74, 6) is 0. The highest BCUT2D eigenvalue weighted by atomic mass is 16.6. The molecule has 0 amide bonds. The van der Waals surface area contributed by atoms with Crippen molar-refractivity contribution in [1.82, 2.24) is 19.5 Å². The molecule has 0 saturated carbocycles. The third kappa shape index (κ3) is 1.75. The van der Waals surface area contributed by atoms with Crippen LogP contribution in [-0.2, 0) is 4.74 Å². The monoisotopic (exact) mass is 268 g/mol. The molecule has 0 spiro atoms. The maximum absolute atomic E-state index is 12.1. The van der Waals surface area contributed by atoms with Crippen molar-refractivity contribution in [2.24, 2.45) is 0 Å². The average molecular weight is 268 g/mol. The van der Waals surface area contributed by atoms with E-state index in [1.54, 1.807) is 0 Å². The Labute approximate surface area is 106 Å². The van der Waals surface area contributed by atoms with Crippen molar-refractivity contribution in [1.29, 1.82) is 0 Å². The third-order valence-electron chi connectivity index (χ3n) is 3.16. The standard InChI is InChI=1S/C10H12N4O5/c15-1-4-6(16)7(17)10(19-4)14-3-13-8-5(9(14)18)11-2-12-8/h2-4,6-7,10,15-17H,1H2,(H,11,12)/t4-,6-,7-,10+/m1/s1. The van der Waals surface area contributed by atoms with Crippen LogP contribution >= 0.6 is 0 Å². The molecular formula is C10H12N4O5.